The molecule has 2 amide bonds. The number of nitro benzene ring substituents is 1. The average Bonchev–Trinajstić information content (AvgIpc) is 3.18. The highest BCUT2D eigenvalue weighted by atomic mass is 32.2. The Morgan fingerprint density at radius 1 is 1.09 bits per heavy atom. The van der Waals surface area contributed by atoms with Gasteiger partial charge >= 0.3 is 12.3 Å². The number of halogens is 3. The maximum atomic E-state index is 12.6. The van der Waals surface area contributed by atoms with Crippen molar-refractivity contribution < 1.29 is 32.8 Å². The molecule has 0 aliphatic rings. The fourth-order valence-corrected chi connectivity index (χ4v) is 3.81. The zero-order valence-corrected chi connectivity index (χ0v) is 17.0. The summed E-state index contributed by atoms with van der Waals surface area (Å²) in [5.74, 6) is -0.890. The Morgan fingerprint density at radius 3 is 2.34 bits per heavy atom. The first-order valence-electron chi connectivity index (χ1n) is 8.31. The van der Waals surface area contributed by atoms with Gasteiger partial charge in [-0.2, -0.15) is 13.2 Å². The molecule has 3 N–H and O–H groups in total. The smallest absolute Gasteiger partial charge is 0.445 e. The summed E-state index contributed by atoms with van der Waals surface area (Å²) in [6.45, 7) is 0. The van der Waals surface area contributed by atoms with E-state index in [1.165, 1.54) is 24.3 Å². The lowest BCUT2D eigenvalue weighted by atomic mass is 10.2. The molecule has 0 saturated heterocycles. The van der Waals surface area contributed by atoms with Crippen LogP contribution in [0.1, 0.15) is 15.4 Å². The number of alkyl halides is 3. The van der Waals surface area contributed by atoms with E-state index in [4.69, 9.17) is 5.11 Å². The van der Waals surface area contributed by atoms with Gasteiger partial charge in [-0.05, 0) is 36.4 Å². The number of aromatic nitrogens is 2. The molecule has 1 aromatic heterocycles. The molecular formula is C17H10F3N5O5S2. The van der Waals surface area contributed by atoms with E-state index >= 15 is 0 Å². The van der Waals surface area contributed by atoms with Crippen LogP contribution in [0.25, 0.3) is 0 Å². The maximum absolute atomic E-state index is 12.6. The number of benzene rings is 2. The lowest BCUT2D eigenvalue weighted by Gasteiger charge is -2.07. The highest BCUT2D eigenvalue weighted by Gasteiger charge is 2.36. The van der Waals surface area contributed by atoms with E-state index in [2.05, 4.69) is 20.8 Å². The quantitative estimate of drug-likeness (QED) is 0.328. The predicted molar refractivity (Wildman–Crippen MR) is 108 cm³/mol. The molecule has 0 fully saturated rings. The molecule has 0 unspecified atom stereocenters. The van der Waals surface area contributed by atoms with Gasteiger partial charge in [0.25, 0.3) is 11.6 Å². The number of anilines is 2. The van der Waals surface area contributed by atoms with Gasteiger partial charge in [-0.1, -0.05) is 23.1 Å². The van der Waals surface area contributed by atoms with Gasteiger partial charge in [0.1, 0.15) is 0 Å². The number of hydrogen-bond donors (Lipinski definition) is 3. The Kier molecular flexibility index (Phi) is 6.59. The number of carboxylic acid groups (broad SMARTS) is 1. The van der Waals surface area contributed by atoms with Gasteiger partial charge in [0, 0.05) is 22.2 Å². The van der Waals surface area contributed by atoms with E-state index in [0.717, 1.165) is 17.8 Å². The fourth-order valence-electron chi connectivity index (χ4n) is 2.30. The zero-order valence-electron chi connectivity index (χ0n) is 15.4. The van der Waals surface area contributed by atoms with Gasteiger partial charge < -0.3 is 5.11 Å². The number of amides is 2. The van der Waals surface area contributed by atoms with E-state index in [1.807, 2.05) is 0 Å². The SMILES string of the molecule is O=C(O)Nc1ccc(Sc2ccc(C(=O)Nc3nnc(C(F)(F)F)s3)cc2[N+](=O)[O-])cc1. The Labute approximate surface area is 184 Å². The van der Waals surface area contributed by atoms with Crippen LogP contribution in [-0.4, -0.2) is 32.2 Å². The van der Waals surface area contributed by atoms with E-state index < -0.39 is 38.9 Å². The minimum Gasteiger partial charge on any atom is -0.465 e. The molecule has 10 nitrogen and oxygen atoms in total. The maximum Gasteiger partial charge on any atom is 0.445 e. The van der Waals surface area contributed by atoms with E-state index in [9.17, 15) is 32.9 Å². The standard InChI is InChI=1S/C17H10F3N5O5S2/c18-17(19,20)14-23-24-15(32-14)22-13(26)8-1-6-12(11(7-8)25(29)30)31-10-4-2-9(3-5-10)21-16(27)28/h1-7,21H,(H,27,28)(H,22,24,26). The summed E-state index contributed by atoms with van der Waals surface area (Å²) in [4.78, 5) is 34.5. The van der Waals surface area contributed by atoms with Gasteiger partial charge in [0.2, 0.25) is 10.1 Å². The third kappa shape index (κ3) is 5.70. The molecular weight excluding hydrogens is 475 g/mol. The Bertz CT molecular complexity index is 1180. The minimum atomic E-state index is -4.71. The summed E-state index contributed by atoms with van der Waals surface area (Å²) in [6.07, 6.45) is -5.95. The zero-order chi connectivity index (χ0) is 23.5. The molecule has 166 valence electrons. The van der Waals surface area contributed by atoms with Crippen molar-refractivity contribution in [2.75, 3.05) is 10.6 Å². The van der Waals surface area contributed by atoms with Gasteiger partial charge in [0.15, 0.2) is 0 Å². The second-order valence-corrected chi connectivity index (χ2v) is 7.95. The number of hydrogen-bond acceptors (Lipinski definition) is 8. The number of nitrogens with one attached hydrogen (secondary N) is 2. The minimum absolute atomic E-state index is 0.124. The Balaban J connectivity index is 1.78. The topological polar surface area (TPSA) is 147 Å². The molecule has 0 spiro atoms. The normalized spacial score (nSPS) is 11.1. The van der Waals surface area contributed by atoms with E-state index in [-0.39, 0.29) is 21.8 Å². The van der Waals surface area contributed by atoms with Crippen LogP contribution in [0, 0.1) is 10.1 Å². The molecule has 3 aromatic rings. The van der Waals surface area contributed by atoms with E-state index in [1.54, 1.807) is 12.1 Å². The average molecular weight is 485 g/mol. The second-order valence-electron chi connectivity index (χ2n) is 5.86. The predicted octanol–water partition coefficient (Wildman–Crippen LogP) is 4.96. The summed E-state index contributed by atoms with van der Waals surface area (Å²) < 4.78 is 37.8. The van der Waals surface area contributed by atoms with Crippen LogP contribution in [0.2, 0.25) is 0 Å². The molecule has 0 radical (unpaired) electrons. The van der Waals surface area contributed by atoms with Gasteiger partial charge in [-0.25, -0.2) is 4.79 Å². The lowest BCUT2D eigenvalue weighted by molar-refractivity contribution is -0.387. The summed E-state index contributed by atoms with van der Waals surface area (Å²) in [5.41, 5.74) is -0.247. The number of nitro groups is 1. The van der Waals surface area contributed by atoms with Crippen molar-refractivity contribution in [1.29, 1.82) is 0 Å². The van der Waals surface area contributed by atoms with Crippen LogP contribution in [0.3, 0.4) is 0 Å². The Hall–Kier alpha value is -3.72. The van der Waals surface area contributed by atoms with Crippen LogP contribution in [0.15, 0.2) is 52.3 Å². The number of carbonyl (C=O) groups is 2. The summed E-state index contributed by atoms with van der Waals surface area (Å²) in [7, 11) is 0. The van der Waals surface area contributed by atoms with Crippen molar-refractivity contribution in [3.8, 4) is 0 Å². The highest BCUT2D eigenvalue weighted by molar-refractivity contribution is 7.99. The van der Waals surface area contributed by atoms with Gasteiger partial charge in [-0.3, -0.25) is 25.5 Å². The monoisotopic (exact) mass is 485 g/mol. The van der Waals surface area contributed by atoms with Crippen molar-refractivity contribution in [3.63, 3.8) is 0 Å². The van der Waals surface area contributed by atoms with Crippen LogP contribution in [0.4, 0.5) is 34.5 Å². The first kappa shape index (κ1) is 23.0. The second kappa shape index (κ2) is 9.19. The number of nitrogens with zero attached hydrogens (tertiary/aromatic N) is 3. The molecule has 1 heterocycles. The van der Waals surface area contributed by atoms with Crippen molar-refractivity contribution in [2.45, 2.75) is 16.0 Å². The molecule has 32 heavy (non-hydrogen) atoms. The first-order valence-corrected chi connectivity index (χ1v) is 9.94. The molecule has 0 aliphatic carbocycles. The molecule has 0 atom stereocenters. The highest BCUT2D eigenvalue weighted by Crippen LogP contribution is 2.36. The van der Waals surface area contributed by atoms with Crippen molar-refractivity contribution in [1.82, 2.24) is 10.2 Å². The summed E-state index contributed by atoms with van der Waals surface area (Å²) in [6, 6.07) is 9.63. The largest absolute Gasteiger partial charge is 0.465 e. The van der Waals surface area contributed by atoms with Gasteiger partial charge in [-0.15, -0.1) is 10.2 Å². The molecule has 0 bridgehead atoms. The van der Waals surface area contributed by atoms with Crippen LogP contribution < -0.4 is 10.6 Å². The molecule has 15 heteroatoms. The lowest BCUT2D eigenvalue weighted by Crippen LogP contribution is -2.12. The molecule has 2 aromatic carbocycles. The fraction of sp³-hybridized carbons (Fsp3) is 0.0588. The molecule has 0 aliphatic heterocycles. The van der Waals surface area contributed by atoms with Gasteiger partial charge in [0.05, 0.1) is 9.82 Å². The van der Waals surface area contributed by atoms with Crippen molar-refractivity contribution in [3.05, 3.63) is 63.1 Å². The van der Waals surface area contributed by atoms with Crippen molar-refractivity contribution >= 4 is 51.6 Å². The van der Waals surface area contributed by atoms with Crippen molar-refractivity contribution in [2.24, 2.45) is 0 Å². The van der Waals surface area contributed by atoms with Crippen LogP contribution >= 0.6 is 23.1 Å². The molecule has 0 saturated carbocycles. The Morgan fingerprint density at radius 2 is 1.78 bits per heavy atom. The number of rotatable bonds is 6. The molecule has 3 rings (SSSR count). The number of carbonyl (C=O) groups excluding carboxylic acids is 1. The third-order valence-corrected chi connectivity index (χ3v) is 5.60. The third-order valence-electron chi connectivity index (χ3n) is 3.64. The van der Waals surface area contributed by atoms with Crippen LogP contribution in [0.5, 0.6) is 0 Å². The van der Waals surface area contributed by atoms with E-state index in [0.29, 0.717) is 10.6 Å². The summed E-state index contributed by atoms with van der Waals surface area (Å²) >= 11 is 1.13. The van der Waals surface area contributed by atoms with Crippen LogP contribution in [-0.2, 0) is 6.18 Å². The first-order chi connectivity index (χ1) is 15.0. The summed E-state index contributed by atoms with van der Waals surface area (Å²) in [5, 5.41) is 29.0.